The average molecular weight is 282 g/mol. The zero-order valence-corrected chi connectivity index (χ0v) is 10.9. The van der Waals surface area contributed by atoms with Crippen molar-refractivity contribution in [3.63, 3.8) is 0 Å². The fraction of sp³-hybridized carbons (Fsp3) is 0.417. The molecule has 1 rings (SSSR count). The van der Waals surface area contributed by atoms with Crippen LogP contribution in [0.2, 0.25) is 0 Å². The van der Waals surface area contributed by atoms with E-state index in [9.17, 15) is 25.0 Å². The molecule has 1 unspecified atom stereocenters. The topological polar surface area (TPSA) is 113 Å². The third-order valence-electron chi connectivity index (χ3n) is 2.64. The van der Waals surface area contributed by atoms with Gasteiger partial charge in [0.2, 0.25) is 6.54 Å². The van der Waals surface area contributed by atoms with Crippen LogP contribution in [-0.2, 0) is 9.53 Å². The molecule has 0 radical (unpaired) electrons. The predicted molar refractivity (Wildman–Crippen MR) is 68.9 cm³/mol. The van der Waals surface area contributed by atoms with Crippen molar-refractivity contribution in [1.82, 2.24) is 0 Å². The molecule has 0 saturated carbocycles. The number of carbonyl (C=O) groups excluding carboxylic acids is 1. The van der Waals surface area contributed by atoms with Crippen LogP contribution in [-0.4, -0.2) is 29.0 Å². The second kappa shape index (κ2) is 7.17. The first kappa shape index (κ1) is 15.5. The van der Waals surface area contributed by atoms with Crippen molar-refractivity contribution in [1.29, 1.82) is 0 Å². The summed E-state index contributed by atoms with van der Waals surface area (Å²) in [4.78, 5) is 31.7. The van der Waals surface area contributed by atoms with Crippen molar-refractivity contribution < 1.29 is 19.4 Å². The molecule has 0 N–H and O–H groups in total. The number of nitro benzene ring substituents is 1. The first-order valence-corrected chi connectivity index (χ1v) is 5.95. The Bertz CT molecular complexity index is 516. The van der Waals surface area contributed by atoms with Crippen LogP contribution in [0.15, 0.2) is 24.3 Å². The number of carbonyl (C=O) groups is 1. The number of non-ortho nitro benzene ring substituents is 1. The summed E-state index contributed by atoms with van der Waals surface area (Å²) in [6, 6.07) is 5.50. The van der Waals surface area contributed by atoms with Gasteiger partial charge in [0.05, 0.1) is 23.9 Å². The molecule has 20 heavy (non-hydrogen) atoms. The quantitative estimate of drug-likeness (QED) is 0.429. The van der Waals surface area contributed by atoms with Gasteiger partial charge in [0.1, 0.15) is 0 Å². The summed E-state index contributed by atoms with van der Waals surface area (Å²) in [6.45, 7) is 1.33. The maximum Gasteiger partial charge on any atom is 0.306 e. The molecule has 0 aliphatic carbocycles. The lowest BCUT2D eigenvalue weighted by Gasteiger charge is -2.12. The minimum Gasteiger partial charge on any atom is -0.466 e. The predicted octanol–water partition coefficient (Wildman–Crippen LogP) is 1.91. The van der Waals surface area contributed by atoms with Crippen molar-refractivity contribution in [2.45, 2.75) is 19.3 Å². The lowest BCUT2D eigenvalue weighted by atomic mass is 9.95. The summed E-state index contributed by atoms with van der Waals surface area (Å²) in [5.74, 6) is -1.31. The highest BCUT2D eigenvalue weighted by Crippen LogP contribution is 2.24. The Balaban J connectivity index is 2.97. The summed E-state index contributed by atoms with van der Waals surface area (Å²) in [5.41, 5.74) is 0.212. The summed E-state index contributed by atoms with van der Waals surface area (Å²) in [5, 5.41) is 21.4. The number of benzene rings is 1. The Labute approximate surface area is 114 Å². The zero-order valence-electron chi connectivity index (χ0n) is 10.9. The molecule has 0 aliphatic rings. The van der Waals surface area contributed by atoms with Crippen molar-refractivity contribution in [3.8, 4) is 0 Å². The highest BCUT2D eigenvalue weighted by Gasteiger charge is 2.23. The number of hydrogen-bond donors (Lipinski definition) is 0. The largest absolute Gasteiger partial charge is 0.466 e. The van der Waals surface area contributed by atoms with E-state index < -0.39 is 28.3 Å². The van der Waals surface area contributed by atoms with E-state index in [0.29, 0.717) is 5.56 Å². The fourth-order valence-electron chi connectivity index (χ4n) is 1.78. The van der Waals surface area contributed by atoms with Crippen LogP contribution >= 0.6 is 0 Å². The van der Waals surface area contributed by atoms with Crippen LogP contribution < -0.4 is 0 Å². The van der Waals surface area contributed by atoms with Crippen molar-refractivity contribution in [2.75, 3.05) is 13.2 Å². The van der Waals surface area contributed by atoms with Gasteiger partial charge in [-0.2, -0.15) is 0 Å². The molecule has 1 aromatic carbocycles. The molecule has 1 aromatic rings. The molecule has 0 bridgehead atoms. The summed E-state index contributed by atoms with van der Waals surface area (Å²) >= 11 is 0. The average Bonchev–Trinajstić information content (AvgIpc) is 2.38. The lowest BCUT2D eigenvalue weighted by Crippen LogP contribution is -2.18. The highest BCUT2D eigenvalue weighted by molar-refractivity contribution is 5.70. The third-order valence-corrected chi connectivity index (χ3v) is 2.64. The van der Waals surface area contributed by atoms with Crippen LogP contribution in [0.5, 0.6) is 0 Å². The van der Waals surface area contributed by atoms with Gasteiger partial charge in [-0.1, -0.05) is 12.1 Å². The molecule has 0 saturated heterocycles. The fourth-order valence-corrected chi connectivity index (χ4v) is 1.78. The Morgan fingerprint density at radius 1 is 1.35 bits per heavy atom. The third kappa shape index (κ3) is 4.63. The van der Waals surface area contributed by atoms with Gasteiger partial charge in [-0.05, 0) is 12.5 Å². The SMILES string of the molecule is CCOC(=O)CC(C[N+](=O)[O-])c1cccc([N+](=O)[O-])c1. The van der Waals surface area contributed by atoms with E-state index in [0.717, 1.165) is 0 Å². The molecule has 0 heterocycles. The maximum atomic E-state index is 11.4. The van der Waals surface area contributed by atoms with Crippen molar-refractivity contribution in [2.24, 2.45) is 0 Å². The second-order valence-corrected chi connectivity index (χ2v) is 4.07. The summed E-state index contributed by atoms with van der Waals surface area (Å²) < 4.78 is 4.76. The molecule has 0 amide bonds. The number of rotatable bonds is 7. The normalized spacial score (nSPS) is 11.7. The van der Waals surface area contributed by atoms with Crippen LogP contribution in [0.3, 0.4) is 0 Å². The van der Waals surface area contributed by atoms with Crippen LogP contribution in [0.4, 0.5) is 5.69 Å². The van der Waals surface area contributed by atoms with Gasteiger partial charge in [0.25, 0.3) is 5.69 Å². The molecule has 0 aromatic heterocycles. The van der Waals surface area contributed by atoms with Gasteiger partial charge in [-0.3, -0.25) is 25.0 Å². The monoisotopic (exact) mass is 282 g/mol. The van der Waals surface area contributed by atoms with E-state index in [2.05, 4.69) is 0 Å². The number of nitrogens with zero attached hydrogens (tertiary/aromatic N) is 2. The van der Waals surface area contributed by atoms with Gasteiger partial charge >= 0.3 is 5.97 Å². The second-order valence-electron chi connectivity index (χ2n) is 4.07. The standard InChI is InChI=1S/C12H14N2O6/c1-2-20-12(15)7-10(8-13(16)17)9-4-3-5-11(6-9)14(18)19/h3-6,10H,2,7-8H2,1H3. The van der Waals surface area contributed by atoms with Crippen LogP contribution in [0, 0.1) is 20.2 Å². The smallest absolute Gasteiger partial charge is 0.306 e. The maximum absolute atomic E-state index is 11.4. The van der Waals surface area contributed by atoms with E-state index in [-0.39, 0.29) is 18.7 Å². The molecule has 0 aliphatic heterocycles. The van der Waals surface area contributed by atoms with Gasteiger partial charge in [-0.15, -0.1) is 0 Å². The molecule has 1 atom stereocenters. The van der Waals surface area contributed by atoms with E-state index >= 15 is 0 Å². The van der Waals surface area contributed by atoms with Gasteiger partial charge < -0.3 is 4.74 Å². The molecule has 0 spiro atoms. The van der Waals surface area contributed by atoms with Gasteiger partial charge in [0.15, 0.2) is 0 Å². The van der Waals surface area contributed by atoms with E-state index in [4.69, 9.17) is 4.74 Å². The summed E-state index contributed by atoms with van der Waals surface area (Å²) in [7, 11) is 0. The van der Waals surface area contributed by atoms with Crippen molar-refractivity contribution >= 4 is 11.7 Å². The Morgan fingerprint density at radius 3 is 2.60 bits per heavy atom. The first-order valence-electron chi connectivity index (χ1n) is 5.95. The van der Waals surface area contributed by atoms with Crippen LogP contribution in [0.1, 0.15) is 24.8 Å². The number of esters is 1. The molecule has 0 fully saturated rings. The molecular weight excluding hydrogens is 268 g/mol. The Kier molecular flexibility index (Phi) is 5.57. The molecular formula is C12H14N2O6. The zero-order chi connectivity index (χ0) is 15.1. The lowest BCUT2D eigenvalue weighted by molar-refractivity contribution is -0.483. The molecule has 108 valence electrons. The number of ether oxygens (including phenoxy) is 1. The molecule has 8 nitrogen and oxygen atoms in total. The van der Waals surface area contributed by atoms with Gasteiger partial charge in [-0.25, -0.2) is 0 Å². The number of hydrogen-bond acceptors (Lipinski definition) is 6. The van der Waals surface area contributed by atoms with Crippen LogP contribution in [0.25, 0.3) is 0 Å². The number of nitro groups is 2. The van der Waals surface area contributed by atoms with E-state index in [1.165, 1.54) is 24.3 Å². The molecule has 8 heteroatoms. The Morgan fingerprint density at radius 2 is 2.05 bits per heavy atom. The highest BCUT2D eigenvalue weighted by atomic mass is 16.6. The van der Waals surface area contributed by atoms with Gasteiger partial charge in [0, 0.05) is 17.1 Å². The van der Waals surface area contributed by atoms with E-state index in [1.807, 2.05) is 0 Å². The first-order chi connectivity index (χ1) is 9.43. The van der Waals surface area contributed by atoms with E-state index in [1.54, 1.807) is 6.92 Å². The van der Waals surface area contributed by atoms with Crippen molar-refractivity contribution in [3.05, 3.63) is 50.1 Å². The summed E-state index contributed by atoms with van der Waals surface area (Å²) in [6.07, 6.45) is -0.185. The minimum atomic E-state index is -0.746. The minimum absolute atomic E-state index is 0.167. The Hall–Kier alpha value is -2.51.